The number of nitrogens with zero attached hydrogens (tertiary/aromatic N) is 3. The summed E-state index contributed by atoms with van der Waals surface area (Å²) in [6.07, 6.45) is 7.23. The predicted molar refractivity (Wildman–Crippen MR) is 98.2 cm³/mol. The molecule has 0 bridgehead atoms. The second kappa shape index (κ2) is 8.39. The number of hydrogen-bond acceptors (Lipinski definition) is 8. The van der Waals surface area contributed by atoms with Crippen molar-refractivity contribution in [3.8, 4) is 5.75 Å². The summed E-state index contributed by atoms with van der Waals surface area (Å²) in [7, 11) is 0. The Labute approximate surface area is 158 Å². The van der Waals surface area contributed by atoms with Gasteiger partial charge in [-0.15, -0.1) is 0 Å². The molecule has 1 spiro atoms. The number of carbonyl (C=O) groups excluding carboxylic acids is 2. The van der Waals surface area contributed by atoms with E-state index in [1.165, 1.54) is 0 Å². The second-order valence-corrected chi connectivity index (χ2v) is 6.48. The molecule has 0 unspecified atom stereocenters. The molecule has 0 aliphatic carbocycles. The average Bonchev–Trinajstić information content (AvgIpc) is 2.89. The third-order valence-corrected chi connectivity index (χ3v) is 4.43. The van der Waals surface area contributed by atoms with E-state index in [4.69, 9.17) is 14.2 Å². The number of ether oxygens (including phenoxy) is 3. The largest absolute Gasteiger partial charge is 0.492 e. The van der Waals surface area contributed by atoms with Gasteiger partial charge in [0.15, 0.2) is 0 Å². The van der Waals surface area contributed by atoms with Crippen LogP contribution in [0.1, 0.15) is 26.7 Å². The lowest BCUT2D eigenvalue weighted by Gasteiger charge is -2.41. The molecule has 1 aromatic rings. The molecule has 1 saturated heterocycles. The van der Waals surface area contributed by atoms with Crippen LogP contribution in [0.15, 0.2) is 30.6 Å². The normalized spacial score (nSPS) is 20.0. The van der Waals surface area contributed by atoms with Gasteiger partial charge in [0.1, 0.15) is 5.75 Å². The minimum Gasteiger partial charge on any atom is -0.492 e. The first-order chi connectivity index (χ1) is 13.1. The van der Waals surface area contributed by atoms with E-state index < -0.39 is 17.8 Å². The molecule has 1 aromatic heterocycles. The van der Waals surface area contributed by atoms with Gasteiger partial charge < -0.3 is 14.2 Å². The average molecular weight is 375 g/mol. The molecule has 0 aromatic carbocycles. The van der Waals surface area contributed by atoms with Crippen LogP contribution in [0, 0.1) is 0 Å². The lowest BCUT2D eigenvalue weighted by Crippen LogP contribution is -2.59. The Balaban J connectivity index is 2.01. The molecule has 1 fully saturated rings. The maximum Gasteiger partial charge on any atom is 0.356 e. The SMILES string of the molecule is CCCN1CCCN(c2cncc(OCC)c2)C2(C1)OC(=O)C=CC(=O)O2. The van der Waals surface area contributed by atoms with Crippen molar-refractivity contribution in [3.05, 3.63) is 30.6 Å². The molecule has 8 nitrogen and oxygen atoms in total. The summed E-state index contributed by atoms with van der Waals surface area (Å²) in [4.78, 5) is 32.6. The highest BCUT2D eigenvalue weighted by molar-refractivity contribution is 5.93. The van der Waals surface area contributed by atoms with Crippen molar-refractivity contribution in [2.45, 2.75) is 32.6 Å². The topological polar surface area (TPSA) is 81.2 Å². The zero-order valence-corrected chi connectivity index (χ0v) is 15.7. The molecule has 0 radical (unpaired) electrons. The number of aromatic nitrogens is 1. The van der Waals surface area contributed by atoms with Crippen LogP contribution in [-0.2, 0) is 19.1 Å². The Morgan fingerprint density at radius 2 is 1.89 bits per heavy atom. The van der Waals surface area contributed by atoms with E-state index in [1.807, 2.05) is 13.0 Å². The van der Waals surface area contributed by atoms with Crippen LogP contribution in [0.5, 0.6) is 5.75 Å². The zero-order chi connectivity index (χ0) is 19.3. The van der Waals surface area contributed by atoms with Crippen molar-refractivity contribution in [3.63, 3.8) is 0 Å². The molecule has 2 aliphatic heterocycles. The van der Waals surface area contributed by atoms with Crippen LogP contribution in [0.4, 0.5) is 5.69 Å². The van der Waals surface area contributed by atoms with Crippen LogP contribution in [0.3, 0.4) is 0 Å². The fraction of sp³-hybridized carbons (Fsp3) is 0.526. The van der Waals surface area contributed by atoms with Crippen molar-refractivity contribution in [2.24, 2.45) is 0 Å². The van der Waals surface area contributed by atoms with E-state index in [0.717, 1.165) is 38.1 Å². The van der Waals surface area contributed by atoms with Crippen molar-refractivity contribution >= 4 is 17.6 Å². The molecule has 146 valence electrons. The first-order valence-corrected chi connectivity index (χ1v) is 9.28. The zero-order valence-electron chi connectivity index (χ0n) is 15.7. The Morgan fingerprint density at radius 3 is 2.56 bits per heavy atom. The number of pyridine rings is 1. The standard InChI is InChI=1S/C19H25N3O5/c1-3-8-21-9-5-10-22(15-11-16(25-4-2)13-20-12-15)19(14-21)26-17(23)6-7-18(24)27-19/h6-7,11-13H,3-5,8-10,14H2,1-2H3. The first kappa shape index (κ1) is 19.2. The van der Waals surface area contributed by atoms with Crippen molar-refractivity contribution in [2.75, 3.05) is 37.7 Å². The first-order valence-electron chi connectivity index (χ1n) is 9.28. The number of rotatable bonds is 5. The molecule has 3 heterocycles. The summed E-state index contributed by atoms with van der Waals surface area (Å²) < 4.78 is 16.9. The third kappa shape index (κ3) is 4.39. The van der Waals surface area contributed by atoms with Gasteiger partial charge >= 0.3 is 17.8 Å². The second-order valence-electron chi connectivity index (χ2n) is 6.48. The van der Waals surface area contributed by atoms with E-state index in [1.54, 1.807) is 17.3 Å². The van der Waals surface area contributed by atoms with Gasteiger partial charge in [0.05, 0.1) is 31.2 Å². The van der Waals surface area contributed by atoms with Gasteiger partial charge in [0.2, 0.25) is 0 Å². The summed E-state index contributed by atoms with van der Waals surface area (Å²) in [6, 6.07) is 1.81. The molecular weight excluding hydrogens is 350 g/mol. The van der Waals surface area contributed by atoms with Crippen molar-refractivity contribution in [1.82, 2.24) is 9.88 Å². The summed E-state index contributed by atoms with van der Waals surface area (Å²) >= 11 is 0. The molecule has 0 N–H and O–H groups in total. The van der Waals surface area contributed by atoms with Crippen LogP contribution in [-0.4, -0.2) is 60.5 Å². The minimum absolute atomic E-state index is 0.263. The Kier molecular flexibility index (Phi) is 5.95. The highest BCUT2D eigenvalue weighted by Crippen LogP contribution is 2.33. The molecule has 27 heavy (non-hydrogen) atoms. The summed E-state index contributed by atoms with van der Waals surface area (Å²) in [5.74, 6) is -2.17. The van der Waals surface area contributed by atoms with Gasteiger partial charge in [0.25, 0.3) is 0 Å². The van der Waals surface area contributed by atoms with Gasteiger partial charge in [-0.3, -0.25) is 14.8 Å². The summed E-state index contributed by atoms with van der Waals surface area (Å²) in [5, 5.41) is 0. The summed E-state index contributed by atoms with van der Waals surface area (Å²) in [6.45, 7) is 6.91. The molecular formula is C19H25N3O5. The van der Waals surface area contributed by atoms with E-state index in [9.17, 15) is 9.59 Å². The fourth-order valence-electron chi connectivity index (χ4n) is 3.42. The molecule has 0 atom stereocenters. The van der Waals surface area contributed by atoms with E-state index in [0.29, 0.717) is 24.6 Å². The predicted octanol–water partition coefficient (Wildman–Crippen LogP) is 1.71. The van der Waals surface area contributed by atoms with Crippen LogP contribution >= 0.6 is 0 Å². The highest BCUT2D eigenvalue weighted by Gasteiger charge is 2.48. The van der Waals surface area contributed by atoms with Gasteiger partial charge in [-0.25, -0.2) is 9.59 Å². The van der Waals surface area contributed by atoms with Crippen LogP contribution in [0.2, 0.25) is 0 Å². The van der Waals surface area contributed by atoms with Crippen molar-refractivity contribution in [1.29, 1.82) is 0 Å². The van der Waals surface area contributed by atoms with Crippen molar-refractivity contribution < 1.29 is 23.8 Å². The van der Waals surface area contributed by atoms with E-state index in [2.05, 4.69) is 16.8 Å². The van der Waals surface area contributed by atoms with Crippen LogP contribution in [0.25, 0.3) is 0 Å². The Morgan fingerprint density at radius 1 is 1.15 bits per heavy atom. The highest BCUT2D eigenvalue weighted by atomic mass is 16.8. The van der Waals surface area contributed by atoms with Gasteiger partial charge in [-0.2, -0.15) is 0 Å². The van der Waals surface area contributed by atoms with Gasteiger partial charge in [0, 0.05) is 31.3 Å². The third-order valence-electron chi connectivity index (χ3n) is 4.43. The molecule has 0 saturated carbocycles. The Hall–Kier alpha value is -2.61. The minimum atomic E-state index is -1.55. The number of carbonyl (C=O) groups is 2. The maximum atomic E-state index is 12.2. The fourth-order valence-corrected chi connectivity index (χ4v) is 3.42. The smallest absolute Gasteiger partial charge is 0.356 e. The molecule has 3 rings (SSSR count). The summed E-state index contributed by atoms with van der Waals surface area (Å²) in [5.41, 5.74) is 0.668. The lowest BCUT2D eigenvalue weighted by molar-refractivity contribution is -0.223. The Bertz CT molecular complexity index is 701. The van der Waals surface area contributed by atoms with Crippen LogP contribution < -0.4 is 9.64 Å². The molecule has 2 aliphatic rings. The van der Waals surface area contributed by atoms with E-state index in [-0.39, 0.29) is 6.54 Å². The molecule has 8 heteroatoms. The van der Waals surface area contributed by atoms with Gasteiger partial charge in [-0.1, -0.05) is 6.92 Å². The lowest BCUT2D eigenvalue weighted by atomic mass is 10.2. The van der Waals surface area contributed by atoms with E-state index >= 15 is 0 Å². The van der Waals surface area contributed by atoms with Gasteiger partial charge in [-0.05, 0) is 26.3 Å². The number of esters is 2. The quantitative estimate of drug-likeness (QED) is 0.720. The maximum absolute atomic E-state index is 12.2. The number of anilines is 1. The number of hydrogen-bond donors (Lipinski definition) is 0. The monoisotopic (exact) mass is 375 g/mol. The molecule has 0 amide bonds.